The fourth-order valence-corrected chi connectivity index (χ4v) is 2.72. The van der Waals surface area contributed by atoms with E-state index in [1.165, 1.54) is 11.1 Å². The minimum absolute atomic E-state index is 0.0441. The number of rotatable bonds is 7. The van der Waals surface area contributed by atoms with Crippen molar-refractivity contribution in [2.24, 2.45) is 5.73 Å². The number of hydrogen-bond donors (Lipinski definition) is 2. The average molecular weight is 278 g/mol. The van der Waals surface area contributed by atoms with Gasteiger partial charge < -0.3 is 20.5 Å². The first-order valence-electron chi connectivity index (χ1n) is 7.32. The van der Waals surface area contributed by atoms with Gasteiger partial charge in [0, 0.05) is 32.8 Å². The molecule has 0 radical (unpaired) electrons. The van der Waals surface area contributed by atoms with Crippen LogP contribution in [0.25, 0.3) is 0 Å². The van der Waals surface area contributed by atoms with Crippen LogP contribution in [-0.2, 0) is 16.1 Å². The quantitative estimate of drug-likeness (QED) is 0.801. The van der Waals surface area contributed by atoms with Crippen LogP contribution < -0.4 is 11.1 Å². The smallest absolute Gasteiger partial charge is 0.0779 e. The molecule has 1 saturated heterocycles. The summed E-state index contributed by atoms with van der Waals surface area (Å²) >= 11 is 0. The topological polar surface area (TPSA) is 56.5 Å². The molecule has 2 rings (SSSR count). The molecule has 0 bridgehead atoms. The SMILES string of the molecule is COCc1cccc(C(CN)NCC2(C)CCCO2)c1. The molecule has 0 spiro atoms. The summed E-state index contributed by atoms with van der Waals surface area (Å²) in [4.78, 5) is 0. The van der Waals surface area contributed by atoms with Crippen molar-refractivity contribution in [2.75, 3.05) is 26.8 Å². The molecule has 4 nitrogen and oxygen atoms in total. The summed E-state index contributed by atoms with van der Waals surface area (Å²) in [5, 5.41) is 3.55. The Labute approximate surface area is 121 Å². The van der Waals surface area contributed by atoms with Crippen LogP contribution in [0.15, 0.2) is 24.3 Å². The van der Waals surface area contributed by atoms with Crippen molar-refractivity contribution < 1.29 is 9.47 Å². The van der Waals surface area contributed by atoms with Gasteiger partial charge in [-0.05, 0) is 30.9 Å². The largest absolute Gasteiger partial charge is 0.380 e. The second-order valence-corrected chi connectivity index (χ2v) is 5.75. The van der Waals surface area contributed by atoms with Crippen LogP contribution in [0, 0.1) is 0 Å². The zero-order valence-corrected chi connectivity index (χ0v) is 12.5. The van der Waals surface area contributed by atoms with Crippen LogP contribution in [0.1, 0.15) is 36.9 Å². The van der Waals surface area contributed by atoms with E-state index in [0.29, 0.717) is 13.2 Å². The number of nitrogens with one attached hydrogen (secondary N) is 1. The maximum Gasteiger partial charge on any atom is 0.0779 e. The Morgan fingerprint density at radius 2 is 2.35 bits per heavy atom. The summed E-state index contributed by atoms with van der Waals surface area (Å²) in [7, 11) is 1.71. The summed E-state index contributed by atoms with van der Waals surface area (Å²) < 4.78 is 11.0. The van der Waals surface area contributed by atoms with Crippen LogP contribution in [0.3, 0.4) is 0 Å². The van der Waals surface area contributed by atoms with Crippen molar-refractivity contribution in [2.45, 2.75) is 38.0 Å². The second kappa shape index (κ2) is 7.18. The highest BCUT2D eigenvalue weighted by molar-refractivity contribution is 5.26. The lowest BCUT2D eigenvalue weighted by Crippen LogP contribution is -2.41. The molecule has 1 fully saturated rings. The zero-order chi connectivity index (χ0) is 14.4. The average Bonchev–Trinajstić information content (AvgIpc) is 2.88. The molecule has 3 N–H and O–H groups in total. The Morgan fingerprint density at radius 1 is 1.50 bits per heavy atom. The van der Waals surface area contributed by atoms with Crippen molar-refractivity contribution in [3.05, 3.63) is 35.4 Å². The lowest BCUT2D eigenvalue weighted by Gasteiger charge is -2.27. The predicted molar refractivity (Wildman–Crippen MR) is 80.5 cm³/mol. The number of nitrogens with two attached hydrogens (primary N) is 1. The number of ether oxygens (including phenoxy) is 2. The molecule has 112 valence electrons. The van der Waals surface area contributed by atoms with Gasteiger partial charge in [0.05, 0.1) is 12.2 Å². The molecule has 0 amide bonds. The molecule has 2 unspecified atom stereocenters. The first-order chi connectivity index (χ1) is 9.67. The molecule has 0 saturated carbocycles. The summed E-state index contributed by atoms with van der Waals surface area (Å²) in [5.74, 6) is 0. The Morgan fingerprint density at radius 3 is 3.00 bits per heavy atom. The van der Waals surface area contributed by atoms with E-state index in [4.69, 9.17) is 15.2 Å². The van der Waals surface area contributed by atoms with Gasteiger partial charge in [0.25, 0.3) is 0 Å². The van der Waals surface area contributed by atoms with Crippen LogP contribution in [0.5, 0.6) is 0 Å². The van der Waals surface area contributed by atoms with E-state index < -0.39 is 0 Å². The van der Waals surface area contributed by atoms with Crippen molar-refractivity contribution in [3.8, 4) is 0 Å². The van der Waals surface area contributed by atoms with Gasteiger partial charge in [-0.2, -0.15) is 0 Å². The molecule has 1 aliphatic heterocycles. The van der Waals surface area contributed by atoms with Crippen LogP contribution >= 0.6 is 0 Å². The Bertz CT molecular complexity index is 417. The zero-order valence-electron chi connectivity index (χ0n) is 12.5. The Hall–Kier alpha value is -0.940. The molecular weight excluding hydrogens is 252 g/mol. The van der Waals surface area contributed by atoms with Gasteiger partial charge in [0.15, 0.2) is 0 Å². The van der Waals surface area contributed by atoms with Crippen LogP contribution in [0.2, 0.25) is 0 Å². The fourth-order valence-electron chi connectivity index (χ4n) is 2.72. The van der Waals surface area contributed by atoms with E-state index in [1.54, 1.807) is 7.11 Å². The molecule has 1 heterocycles. The molecule has 1 aromatic carbocycles. The van der Waals surface area contributed by atoms with Gasteiger partial charge in [0.2, 0.25) is 0 Å². The third-order valence-electron chi connectivity index (χ3n) is 3.92. The van der Waals surface area contributed by atoms with Gasteiger partial charge in [-0.25, -0.2) is 0 Å². The molecule has 20 heavy (non-hydrogen) atoms. The number of hydrogen-bond acceptors (Lipinski definition) is 4. The van der Waals surface area contributed by atoms with E-state index in [-0.39, 0.29) is 11.6 Å². The summed E-state index contributed by atoms with van der Waals surface area (Å²) in [6.07, 6.45) is 2.26. The molecule has 1 aliphatic rings. The first-order valence-corrected chi connectivity index (χ1v) is 7.32. The van der Waals surface area contributed by atoms with Crippen LogP contribution in [0.4, 0.5) is 0 Å². The van der Waals surface area contributed by atoms with Crippen LogP contribution in [-0.4, -0.2) is 32.4 Å². The molecule has 4 heteroatoms. The highest BCUT2D eigenvalue weighted by Crippen LogP contribution is 2.25. The van der Waals surface area contributed by atoms with Crippen molar-refractivity contribution >= 4 is 0 Å². The van der Waals surface area contributed by atoms with Gasteiger partial charge in [0.1, 0.15) is 0 Å². The van der Waals surface area contributed by atoms with Gasteiger partial charge in [-0.1, -0.05) is 24.3 Å². The maximum atomic E-state index is 5.92. The normalized spacial score (nSPS) is 23.9. The summed E-state index contributed by atoms with van der Waals surface area (Å²) in [6.45, 7) is 5.08. The molecular formula is C16H26N2O2. The minimum atomic E-state index is -0.0441. The lowest BCUT2D eigenvalue weighted by molar-refractivity contribution is 0.0189. The minimum Gasteiger partial charge on any atom is -0.380 e. The summed E-state index contributed by atoms with van der Waals surface area (Å²) in [6, 6.07) is 8.56. The maximum absolute atomic E-state index is 5.92. The van der Waals surface area contributed by atoms with Gasteiger partial charge in [-0.15, -0.1) is 0 Å². The Balaban J connectivity index is 1.98. The summed E-state index contributed by atoms with van der Waals surface area (Å²) in [5.41, 5.74) is 8.26. The molecule has 0 aliphatic carbocycles. The van der Waals surface area contributed by atoms with E-state index in [1.807, 2.05) is 0 Å². The molecule has 2 atom stereocenters. The van der Waals surface area contributed by atoms with E-state index >= 15 is 0 Å². The van der Waals surface area contributed by atoms with E-state index in [2.05, 4.69) is 36.5 Å². The number of methoxy groups -OCH3 is 1. The van der Waals surface area contributed by atoms with Gasteiger partial charge >= 0.3 is 0 Å². The van der Waals surface area contributed by atoms with Gasteiger partial charge in [-0.3, -0.25) is 0 Å². The molecule has 1 aromatic rings. The lowest BCUT2D eigenvalue weighted by atomic mass is 10.00. The third kappa shape index (κ3) is 4.03. The van der Waals surface area contributed by atoms with Crippen molar-refractivity contribution in [3.63, 3.8) is 0 Å². The molecule has 0 aromatic heterocycles. The second-order valence-electron chi connectivity index (χ2n) is 5.75. The first kappa shape index (κ1) is 15.4. The third-order valence-corrected chi connectivity index (χ3v) is 3.92. The van der Waals surface area contributed by atoms with Crippen molar-refractivity contribution in [1.29, 1.82) is 0 Å². The fraction of sp³-hybridized carbons (Fsp3) is 0.625. The monoisotopic (exact) mass is 278 g/mol. The van der Waals surface area contributed by atoms with E-state index in [0.717, 1.165) is 26.0 Å². The van der Waals surface area contributed by atoms with Crippen molar-refractivity contribution in [1.82, 2.24) is 5.32 Å². The highest BCUT2D eigenvalue weighted by Gasteiger charge is 2.30. The predicted octanol–water partition coefficient (Wildman–Crippen LogP) is 1.99. The highest BCUT2D eigenvalue weighted by atomic mass is 16.5. The standard InChI is InChI=1S/C16H26N2O2/c1-16(7-4-8-20-16)12-18-15(10-17)14-6-3-5-13(9-14)11-19-2/h3,5-6,9,15,18H,4,7-8,10-12,17H2,1-2H3. The van der Waals surface area contributed by atoms with E-state index in [9.17, 15) is 0 Å². The Kier molecular flexibility index (Phi) is 5.54. The number of benzene rings is 1.